The van der Waals surface area contributed by atoms with Crippen LogP contribution in [0.4, 0.5) is 4.39 Å². The molecule has 0 amide bonds. The molecule has 0 saturated carbocycles. The minimum absolute atomic E-state index is 0.232. The predicted molar refractivity (Wildman–Crippen MR) is 40.8 cm³/mol. The molecule has 1 aliphatic heterocycles. The molecule has 1 aromatic carbocycles. The molecule has 0 N–H and O–H groups in total. The first kappa shape index (κ1) is 6.28. The van der Waals surface area contributed by atoms with Gasteiger partial charge in [0.05, 0.1) is 11.1 Å². The van der Waals surface area contributed by atoms with Gasteiger partial charge in [0, 0.05) is 5.22 Å². The maximum absolute atomic E-state index is 12.6. The fourth-order valence-corrected chi connectivity index (χ4v) is 1.11. The lowest BCUT2D eigenvalue weighted by atomic mass is 10.3. The van der Waals surface area contributed by atoms with Crippen molar-refractivity contribution >= 4 is 6.08 Å². The summed E-state index contributed by atoms with van der Waals surface area (Å²) in [7, 11) is 0. The van der Waals surface area contributed by atoms with Crippen molar-refractivity contribution in [2.45, 2.75) is 0 Å². The second kappa shape index (κ2) is 2.02. The van der Waals surface area contributed by atoms with Crippen molar-refractivity contribution in [1.29, 1.82) is 0 Å². The van der Waals surface area contributed by atoms with Crippen LogP contribution in [-0.2, 0) is 0 Å². The average molecular weight is 147 g/mol. The maximum Gasteiger partial charge on any atom is 0.123 e. The molecule has 0 aliphatic carbocycles. The van der Waals surface area contributed by atoms with Gasteiger partial charge in [0.15, 0.2) is 0 Å². The minimum Gasteiger partial charge on any atom is -0.249 e. The Labute approximate surface area is 63.2 Å². The van der Waals surface area contributed by atoms with E-state index < -0.39 is 0 Å². The number of nitrogens with zero attached hydrogens (tertiary/aromatic N) is 1. The molecule has 0 atom stereocenters. The number of benzene rings is 1. The van der Waals surface area contributed by atoms with Crippen molar-refractivity contribution in [3.05, 3.63) is 46.9 Å². The van der Waals surface area contributed by atoms with Gasteiger partial charge in [-0.15, -0.1) is 0 Å². The van der Waals surface area contributed by atoms with E-state index in [0.29, 0.717) is 5.70 Å². The van der Waals surface area contributed by atoms with E-state index in [2.05, 4.69) is 11.6 Å². The molecule has 54 valence electrons. The molecule has 0 aromatic heterocycles. The summed E-state index contributed by atoms with van der Waals surface area (Å²) in [6.07, 6.45) is 1.76. The summed E-state index contributed by atoms with van der Waals surface area (Å²) in [4.78, 5) is 4.08. The van der Waals surface area contributed by atoms with Gasteiger partial charge in [0.1, 0.15) is 5.82 Å². The Balaban J connectivity index is 2.89. The van der Waals surface area contributed by atoms with Crippen LogP contribution in [0.5, 0.6) is 0 Å². The molecule has 1 nitrogen and oxygen atoms in total. The van der Waals surface area contributed by atoms with Crippen LogP contribution in [0, 0.1) is 5.82 Å². The normalized spacial score (nSPS) is 13.7. The lowest BCUT2D eigenvalue weighted by molar-refractivity contribution is 0.626. The highest BCUT2D eigenvalue weighted by Gasteiger charge is 1.98. The molecule has 0 saturated heterocycles. The van der Waals surface area contributed by atoms with Crippen molar-refractivity contribution in [3.8, 4) is 0 Å². The number of rotatable bonds is 0. The van der Waals surface area contributed by atoms with Crippen LogP contribution in [0.3, 0.4) is 0 Å². The molecule has 0 radical (unpaired) electrons. The lowest BCUT2D eigenvalue weighted by Crippen LogP contribution is -2.20. The van der Waals surface area contributed by atoms with Crippen LogP contribution in [0.25, 0.3) is 6.08 Å². The van der Waals surface area contributed by atoms with Gasteiger partial charge in [0.2, 0.25) is 0 Å². The fourth-order valence-electron chi connectivity index (χ4n) is 1.11. The molecule has 2 heteroatoms. The summed E-state index contributed by atoms with van der Waals surface area (Å²) >= 11 is 0. The van der Waals surface area contributed by atoms with Gasteiger partial charge >= 0.3 is 0 Å². The molecule has 1 aromatic rings. The highest BCUT2D eigenvalue weighted by Crippen LogP contribution is 1.97. The third-order valence-electron chi connectivity index (χ3n) is 1.58. The standard InChI is InChI=1S/C9H6FN/c1-6-4-7-5-8(10)2-3-9(7)11-6/h2-5H,1H2. The van der Waals surface area contributed by atoms with Crippen molar-refractivity contribution in [2.75, 3.05) is 0 Å². The Morgan fingerprint density at radius 2 is 2.18 bits per heavy atom. The van der Waals surface area contributed by atoms with Crippen LogP contribution < -0.4 is 10.6 Å². The van der Waals surface area contributed by atoms with Crippen LogP contribution in [0.15, 0.2) is 35.5 Å². The van der Waals surface area contributed by atoms with E-state index in [4.69, 9.17) is 0 Å². The Morgan fingerprint density at radius 1 is 1.36 bits per heavy atom. The van der Waals surface area contributed by atoms with Gasteiger partial charge in [-0.1, -0.05) is 6.58 Å². The smallest absolute Gasteiger partial charge is 0.123 e. The summed E-state index contributed by atoms with van der Waals surface area (Å²) in [6, 6.07) is 4.51. The zero-order chi connectivity index (χ0) is 7.84. The molecule has 11 heavy (non-hydrogen) atoms. The lowest BCUT2D eigenvalue weighted by Gasteiger charge is -1.83. The van der Waals surface area contributed by atoms with Crippen LogP contribution in [0.2, 0.25) is 0 Å². The van der Waals surface area contributed by atoms with Gasteiger partial charge in [-0.2, -0.15) is 0 Å². The summed E-state index contributed by atoms with van der Waals surface area (Å²) in [5, 5.41) is 1.62. The average Bonchev–Trinajstić information content (AvgIpc) is 2.27. The monoisotopic (exact) mass is 147 g/mol. The van der Waals surface area contributed by atoms with Crippen molar-refractivity contribution in [3.63, 3.8) is 0 Å². The predicted octanol–water partition coefficient (Wildman–Crippen LogP) is 0.753. The van der Waals surface area contributed by atoms with Crippen molar-refractivity contribution in [2.24, 2.45) is 4.99 Å². The SMILES string of the molecule is C=C1C=c2cc(F)ccc2=N1. The highest BCUT2D eigenvalue weighted by molar-refractivity contribution is 5.47. The molecule has 0 spiro atoms. The van der Waals surface area contributed by atoms with Gasteiger partial charge in [-0.05, 0) is 24.3 Å². The summed E-state index contributed by atoms with van der Waals surface area (Å²) < 4.78 is 12.6. The van der Waals surface area contributed by atoms with E-state index in [0.717, 1.165) is 10.6 Å². The Bertz CT molecular complexity index is 431. The Hall–Kier alpha value is -1.44. The molecule has 0 bridgehead atoms. The third-order valence-corrected chi connectivity index (χ3v) is 1.58. The van der Waals surface area contributed by atoms with Gasteiger partial charge in [0.25, 0.3) is 0 Å². The van der Waals surface area contributed by atoms with E-state index in [9.17, 15) is 4.39 Å². The first-order chi connectivity index (χ1) is 5.25. The molecular formula is C9H6FN. The third kappa shape index (κ3) is 0.963. The molecule has 1 aliphatic rings. The number of fused-ring (bicyclic) bond motifs is 1. The van der Waals surface area contributed by atoms with E-state index in [1.807, 2.05) is 0 Å². The molecular weight excluding hydrogens is 141 g/mol. The fraction of sp³-hybridized carbons (Fsp3) is 0. The zero-order valence-electron chi connectivity index (χ0n) is 5.84. The van der Waals surface area contributed by atoms with Gasteiger partial charge in [-0.3, -0.25) is 0 Å². The molecule has 0 fully saturated rings. The Morgan fingerprint density at radius 3 is 3.00 bits per heavy atom. The second-order valence-corrected chi connectivity index (χ2v) is 2.45. The van der Waals surface area contributed by atoms with E-state index in [1.54, 1.807) is 12.1 Å². The van der Waals surface area contributed by atoms with E-state index >= 15 is 0 Å². The summed E-state index contributed by atoms with van der Waals surface area (Å²) in [5.41, 5.74) is 0.686. The molecule has 0 unspecified atom stereocenters. The first-order valence-electron chi connectivity index (χ1n) is 3.31. The number of hydrogen-bond donors (Lipinski definition) is 0. The zero-order valence-corrected chi connectivity index (χ0v) is 5.84. The first-order valence-corrected chi connectivity index (χ1v) is 3.31. The quantitative estimate of drug-likeness (QED) is 0.513. The van der Waals surface area contributed by atoms with E-state index in [-0.39, 0.29) is 5.82 Å². The van der Waals surface area contributed by atoms with Crippen LogP contribution in [0.1, 0.15) is 0 Å². The van der Waals surface area contributed by atoms with Crippen LogP contribution >= 0.6 is 0 Å². The topological polar surface area (TPSA) is 12.4 Å². The van der Waals surface area contributed by atoms with Gasteiger partial charge in [-0.25, -0.2) is 9.38 Å². The summed E-state index contributed by atoms with van der Waals surface area (Å²) in [6.45, 7) is 3.65. The number of allylic oxidation sites excluding steroid dienone is 1. The van der Waals surface area contributed by atoms with Crippen LogP contribution in [-0.4, -0.2) is 0 Å². The maximum atomic E-state index is 12.6. The second-order valence-electron chi connectivity index (χ2n) is 2.45. The molecule has 2 rings (SSSR count). The largest absolute Gasteiger partial charge is 0.249 e. The van der Waals surface area contributed by atoms with Crippen molar-refractivity contribution < 1.29 is 4.39 Å². The number of halogens is 1. The minimum atomic E-state index is -0.232. The highest BCUT2D eigenvalue weighted by atomic mass is 19.1. The van der Waals surface area contributed by atoms with Crippen molar-refractivity contribution in [1.82, 2.24) is 0 Å². The Kier molecular flexibility index (Phi) is 1.15. The van der Waals surface area contributed by atoms with Gasteiger partial charge < -0.3 is 0 Å². The molecule has 1 heterocycles. The number of hydrogen-bond acceptors (Lipinski definition) is 1. The van der Waals surface area contributed by atoms with E-state index in [1.165, 1.54) is 12.1 Å². The summed E-state index contributed by atoms with van der Waals surface area (Å²) in [5.74, 6) is -0.232.